The van der Waals surface area contributed by atoms with Crippen molar-refractivity contribution >= 4 is 22.6 Å². The number of rotatable bonds is 5. The summed E-state index contributed by atoms with van der Waals surface area (Å²) in [5.74, 6) is 0.874. The third-order valence-electron chi connectivity index (χ3n) is 6.09. The molecule has 156 valence electrons. The molecule has 2 aliphatic rings. The van der Waals surface area contributed by atoms with Crippen molar-refractivity contribution in [3.05, 3.63) is 53.5 Å². The van der Waals surface area contributed by atoms with Crippen LogP contribution in [0.2, 0.25) is 0 Å². The van der Waals surface area contributed by atoms with Crippen LogP contribution in [0, 0.1) is 5.82 Å². The molecule has 1 N–H and O–H groups in total. The molecule has 6 nitrogen and oxygen atoms in total. The zero-order valence-electron chi connectivity index (χ0n) is 16.7. The number of likely N-dealkylation sites (tertiary alicyclic amines) is 1. The van der Waals surface area contributed by atoms with Crippen molar-refractivity contribution in [3.63, 3.8) is 0 Å². The van der Waals surface area contributed by atoms with Gasteiger partial charge in [0, 0.05) is 42.1 Å². The Bertz CT molecular complexity index is 1070. The Morgan fingerprint density at radius 2 is 2.03 bits per heavy atom. The maximum atomic E-state index is 13.4. The number of amides is 1. The van der Waals surface area contributed by atoms with Gasteiger partial charge in [-0.25, -0.2) is 4.39 Å². The minimum Gasteiger partial charge on any atom is -0.492 e. The van der Waals surface area contributed by atoms with E-state index in [1.54, 1.807) is 6.07 Å². The highest BCUT2D eigenvalue weighted by molar-refractivity contribution is 5.94. The van der Waals surface area contributed by atoms with Crippen LogP contribution in [0.5, 0.6) is 5.75 Å². The number of piperidine rings is 1. The van der Waals surface area contributed by atoms with Gasteiger partial charge in [0.25, 0.3) is 0 Å². The first kappa shape index (κ1) is 19.1. The number of nitrogens with zero attached hydrogens (tertiary/aromatic N) is 2. The Hall–Kier alpha value is -2.93. The molecule has 7 heteroatoms. The summed E-state index contributed by atoms with van der Waals surface area (Å²) in [5.41, 5.74) is 3.48. The first-order chi connectivity index (χ1) is 14.7. The van der Waals surface area contributed by atoms with Gasteiger partial charge in [-0.2, -0.15) is 0 Å². The van der Waals surface area contributed by atoms with Gasteiger partial charge in [-0.3, -0.25) is 9.69 Å². The van der Waals surface area contributed by atoms with Crippen molar-refractivity contribution in [1.29, 1.82) is 0 Å². The van der Waals surface area contributed by atoms with Gasteiger partial charge in [0.15, 0.2) is 5.58 Å². The van der Waals surface area contributed by atoms with Crippen LogP contribution in [0.1, 0.15) is 36.4 Å². The van der Waals surface area contributed by atoms with E-state index in [0.29, 0.717) is 24.5 Å². The Morgan fingerprint density at radius 1 is 1.17 bits per heavy atom. The summed E-state index contributed by atoms with van der Waals surface area (Å²) < 4.78 is 24.6. The molecule has 0 atom stereocenters. The molecule has 1 amide bonds. The summed E-state index contributed by atoms with van der Waals surface area (Å²) in [4.78, 5) is 14.0. The SMILES string of the molecule is O=C1CCc2ccc(OCCN3CCC(c4noc5cc(F)ccc45)CC3)cc2N1. The largest absolute Gasteiger partial charge is 0.492 e. The minimum atomic E-state index is -0.304. The van der Waals surface area contributed by atoms with Crippen molar-refractivity contribution in [1.82, 2.24) is 10.1 Å². The second-order valence-electron chi connectivity index (χ2n) is 8.04. The summed E-state index contributed by atoms with van der Waals surface area (Å²) in [5, 5.41) is 8.04. The lowest BCUT2D eigenvalue weighted by molar-refractivity contribution is -0.116. The minimum absolute atomic E-state index is 0.0625. The fraction of sp³-hybridized carbons (Fsp3) is 0.391. The predicted octanol–water partition coefficient (Wildman–Crippen LogP) is 4.11. The van der Waals surface area contributed by atoms with Crippen LogP contribution in [0.15, 0.2) is 40.9 Å². The predicted molar refractivity (Wildman–Crippen MR) is 111 cm³/mol. The normalized spacial score (nSPS) is 17.7. The molecule has 0 radical (unpaired) electrons. The van der Waals surface area contributed by atoms with E-state index in [9.17, 15) is 9.18 Å². The highest BCUT2D eigenvalue weighted by atomic mass is 19.1. The Balaban J connectivity index is 1.13. The number of anilines is 1. The lowest BCUT2D eigenvalue weighted by Gasteiger charge is -2.31. The quantitative estimate of drug-likeness (QED) is 0.687. The summed E-state index contributed by atoms with van der Waals surface area (Å²) in [6, 6.07) is 10.5. The number of halogens is 1. The maximum Gasteiger partial charge on any atom is 0.224 e. The molecule has 0 unspecified atom stereocenters. The van der Waals surface area contributed by atoms with Crippen LogP contribution in [-0.4, -0.2) is 42.2 Å². The average Bonchev–Trinajstić information content (AvgIpc) is 3.17. The molecule has 2 aromatic carbocycles. The van der Waals surface area contributed by atoms with E-state index in [0.717, 1.165) is 67.0 Å². The lowest BCUT2D eigenvalue weighted by atomic mass is 9.91. The molecule has 1 saturated heterocycles. The molecular weight excluding hydrogens is 385 g/mol. The fourth-order valence-electron chi connectivity index (χ4n) is 4.39. The number of hydrogen-bond acceptors (Lipinski definition) is 5. The van der Waals surface area contributed by atoms with Crippen LogP contribution in [0.3, 0.4) is 0 Å². The van der Waals surface area contributed by atoms with Gasteiger partial charge in [-0.05, 0) is 56.1 Å². The van der Waals surface area contributed by atoms with E-state index in [-0.39, 0.29) is 11.7 Å². The number of benzene rings is 2. The fourth-order valence-corrected chi connectivity index (χ4v) is 4.39. The van der Waals surface area contributed by atoms with Crippen LogP contribution in [0.4, 0.5) is 10.1 Å². The summed E-state index contributed by atoms with van der Waals surface area (Å²) in [6.45, 7) is 3.37. The van der Waals surface area contributed by atoms with Crippen molar-refractivity contribution in [3.8, 4) is 5.75 Å². The molecular formula is C23H24FN3O3. The highest BCUT2D eigenvalue weighted by Crippen LogP contribution is 2.33. The highest BCUT2D eigenvalue weighted by Gasteiger charge is 2.25. The van der Waals surface area contributed by atoms with E-state index >= 15 is 0 Å². The van der Waals surface area contributed by atoms with Crippen molar-refractivity contribution < 1.29 is 18.4 Å². The second-order valence-corrected chi connectivity index (χ2v) is 8.04. The zero-order valence-corrected chi connectivity index (χ0v) is 16.7. The number of hydrogen-bond donors (Lipinski definition) is 1. The van der Waals surface area contributed by atoms with Gasteiger partial charge >= 0.3 is 0 Å². The molecule has 1 aromatic heterocycles. The van der Waals surface area contributed by atoms with E-state index in [1.165, 1.54) is 12.1 Å². The lowest BCUT2D eigenvalue weighted by Crippen LogP contribution is -2.36. The van der Waals surface area contributed by atoms with Crippen molar-refractivity contribution in [2.45, 2.75) is 31.6 Å². The van der Waals surface area contributed by atoms with E-state index in [4.69, 9.17) is 9.26 Å². The van der Waals surface area contributed by atoms with Crippen LogP contribution in [-0.2, 0) is 11.2 Å². The maximum absolute atomic E-state index is 13.4. The molecule has 0 spiro atoms. The van der Waals surface area contributed by atoms with Gasteiger partial charge in [0.2, 0.25) is 5.91 Å². The van der Waals surface area contributed by atoms with E-state index < -0.39 is 0 Å². The Morgan fingerprint density at radius 3 is 2.90 bits per heavy atom. The van der Waals surface area contributed by atoms with Crippen LogP contribution < -0.4 is 10.1 Å². The Labute approximate surface area is 174 Å². The number of ether oxygens (including phenoxy) is 1. The van der Waals surface area contributed by atoms with Gasteiger partial charge in [0.1, 0.15) is 18.2 Å². The number of fused-ring (bicyclic) bond motifs is 2. The third kappa shape index (κ3) is 3.89. The second kappa shape index (κ2) is 8.07. The first-order valence-electron chi connectivity index (χ1n) is 10.5. The van der Waals surface area contributed by atoms with E-state index in [1.807, 2.05) is 18.2 Å². The molecule has 5 rings (SSSR count). The molecule has 0 aliphatic carbocycles. The smallest absolute Gasteiger partial charge is 0.224 e. The molecule has 30 heavy (non-hydrogen) atoms. The van der Waals surface area contributed by atoms with Gasteiger partial charge in [0.05, 0.1) is 5.69 Å². The first-order valence-corrected chi connectivity index (χ1v) is 10.5. The van der Waals surface area contributed by atoms with Crippen LogP contribution in [0.25, 0.3) is 11.0 Å². The van der Waals surface area contributed by atoms with Crippen LogP contribution >= 0.6 is 0 Å². The number of carbonyl (C=O) groups is 1. The van der Waals surface area contributed by atoms with Crippen molar-refractivity contribution in [2.75, 3.05) is 31.6 Å². The molecule has 0 bridgehead atoms. The summed E-state index contributed by atoms with van der Waals surface area (Å²) >= 11 is 0. The zero-order chi connectivity index (χ0) is 20.5. The molecule has 0 saturated carbocycles. The number of aryl methyl sites for hydroxylation is 1. The Kier molecular flexibility index (Phi) is 5.12. The van der Waals surface area contributed by atoms with Gasteiger partial charge in [-0.15, -0.1) is 0 Å². The third-order valence-corrected chi connectivity index (χ3v) is 6.09. The number of nitrogens with one attached hydrogen (secondary N) is 1. The number of aromatic nitrogens is 1. The molecule has 2 aliphatic heterocycles. The van der Waals surface area contributed by atoms with E-state index in [2.05, 4.69) is 15.4 Å². The van der Waals surface area contributed by atoms with Crippen molar-refractivity contribution in [2.24, 2.45) is 0 Å². The standard InChI is InChI=1S/C23H24FN3O3/c24-17-3-5-19-21(13-17)30-26-23(19)16-7-9-27(10-8-16)11-12-29-18-4-1-15-2-6-22(28)25-20(15)14-18/h1,3-5,13-14,16H,2,6-12H2,(H,25,28). The summed E-state index contributed by atoms with van der Waals surface area (Å²) in [6.07, 6.45) is 3.31. The molecule has 1 fully saturated rings. The topological polar surface area (TPSA) is 67.6 Å². The molecule has 3 aromatic rings. The average molecular weight is 409 g/mol. The molecule has 3 heterocycles. The number of carbonyl (C=O) groups excluding carboxylic acids is 1. The van der Waals surface area contributed by atoms with Gasteiger partial charge in [-0.1, -0.05) is 11.2 Å². The monoisotopic (exact) mass is 409 g/mol. The van der Waals surface area contributed by atoms with Gasteiger partial charge < -0.3 is 14.6 Å². The summed E-state index contributed by atoms with van der Waals surface area (Å²) in [7, 11) is 0.